The molecule has 1 atom stereocenters. The fourth-order valence-corrected chi connectivity index (χ4v) is 3.98. The maximum absolute atomic E-state index is 12.0. The third kappa shape index (κ3) is 1.33. The van der Waals surface area contributed by atoms with Gasteiger partial charge in [-0.05, 0) is 37.7 Å². The topological polar surface area (TPSA) is 45.8 Å². The summed E-state index contributed by atoms with van der Waals surface area (Å²) in [6.07, 6.45) is 3.53. The SMILES string of the molecule is Cc1nc2sc3c(c2c(=O)[nH]1)C(C)CCC3. The Balaban J connectivity index is 2.43. The van der Waals surface area contributed by atoms with Crippen molar-refractivity contribution in [3.05, 3.63) is 26.6 Å². The highest BCUT2D eigenvalue weighted by molar-refractivity contribution is 7.18. The molecule has 16 heavy (non-hydrogen) atoms. The highest BCUT2D eigenvalue weighted by Crippen LogP contribution is 2.39. The number of aromatic nitrogens is 2. The highest BCUT2D eigenvalue weighted by atomic mass is 32.1. The van der Waals surface area contributed by atoms with Crippen molar-refractivity contribution in [3.8, 4) is 0 Å². The van der Waals surface area contributed by atoms with Gasteiger partial charge in [0.1, 0.15) is 10.7 Å². The number of aromatic amines is 1. The number of rotatable bonds is 0. The Kier molecular flexibility index (Phi) is 2.14. The predicted octanol–water partition coefficient (Wildman–Crippen LogP) is 2.73. The molecule has 1 N–H and O–H groups in total. The van der Waals surface area contributed by atoms with Gasteiger partial charge in [-0.15, -0.1) is 11.3 Å². The third-order valence-electron chi connectivity index (χ3n) is 3.33. The molecule has 2 heterocycles. The first-order valence-corrected chi connectivity index (χ1v) is 6.50. The zero-order valence-electron chi connectivity index (χ0n) is 9.46. The van der Waals surface area contributed by atoms with Crippen molar-refractivity contribution < 1.29 is 0 Å². The summed E-state index contributed by atoms with van der Waals surface area (Å²) in [4.78, 5) is 21.5. The van der Waals surface area contributed by atoms with Crippen LogP contribution in [0.2, 0.25) is 0 Å². The number of nitrogens with zero attached hydrogens (tertiary/aromatic N) is 1. The molecule has 0 saturated carbocycles. The van der Waals surface area contributed by atoms with Gasteiger partial charge in [0.25, 0.3) is 5.56 Å². The lowest BCUT2D eigenvalue weighted by Gasteiger charge is -2.18. The van der Waals surface area contributed by atoms with E-state index in [1.807, 2.05) is 6.92 Å². The second-order valence-electron chi connectivity index (χ2n) is 4.56. The van der Waals surface area contributed by atoms with Gasteiger partial charge in [-0.25, -0.2) is 4.98 Å². The maximum atomic E-state index is 12.0. The zero-order valence-corrected chi connectivity index (χ0v) is 10.3. The number of aryl methyl sites for hydroxylation is 2. The van der Waals surface area contributed by atoms with Crippen LogP contribution in [0.4, 0.5) is 0 Å². The van der Waals surface area contributed by atoms with Crippen molar-refractivity contribution >= 4 is 21.6 Å². The number of hydrogen-bond donors (Lipinski definition) is 1. The molecule has 1 aliphatic carbocycles. The summed E-state index contributed by atoms with van der Waals surface area (Å²) in [6.45, 7) is 4.05. The average molecular weight is 234 g/mol. The van der Waals surface area contributed by atoms with Crippen LogP contribution in [0.3, 0.4) is 0 Å². The van der Waals surface area contributed by atoms with E-state index >= 15 is 0 Å². The summed E-state index contributed by atoms with van der Waals surface area (Å²) >= 11 is 1.70. The zero-order chi connectivity index (χ0) is 11.3. The van der Waals surface area contributed by atoms with Crippen LogP contribution < -0.4 is 5.56 Å². The molecule has 0 spiro atoms. The molecule has 0 aromatic carbocycles. The van der Waals surface area contributed by atoms with Crippen LogP contribution in [0.15, 0.2) is 4.79 Å². The molecule has 4 heteroatoms. The van der Waals surface area contributed by atoms with Crippen LogP contribution in [-0.2, 0) is 6.42 Å². The van der Waals surface area contributed by atoms with Crippen molar-refractivity contribution in [2.24, 2.45) is 0 Å². The van der Waals surface area contributed by atoms with Crippen LogP contribution in [0.25, 0.3) is 10.2 Å². The van der Waals surface area contributed by atoms with E-state index in [-0.39, 0.29) is 5.56 Å². The van der Waals surface area contributed by atoms with E-state index in [2.05, 4.69) is 16.9 Å². The highest BCUT2D eigenvalue weighted by Gasteiger charge is 2.24. The number of nitrogens with one attached hydrogen (secondary N) is 1. The summed E-state index contributed by atoms with van der Waals surface area (Å²) in [5.74, 6) is 1.21. The van der Waals surface area contributed by atoms with Crippen LogP contribution in [-0.4, -0.2) is 9.97 Å². The lowest BCUT2D eigenvalue weighted by Crippen LogP contribution is -2.12. The van der Waals surface area contributed by atoms with Gasteiger partial charge in [-0.3, -0.25) is 4.79 Å². The molecule has 1 unspecified atom stereocenters. The van der Waals surface area contributed by atoms with E-state index in [9.17, 15) is 4.79 Å². The first kappa shape index (κ1) is 10.0. The quantitative estimate of drug-likeness (QED) is 0.761. The lowest BCUT2D eigenvalue weighted by molar-refractivity contribution is 0.601. The van der Waals surface area contributed by atoms with Gasteiger partial charge in [0, 0.05) is 4.88 Å². The van der Waals surface area contributed by atoms with E-state index in [1.54, 1.807) is 11.3 Å². The second-order valence-corrected chi connectivity index (χ2v) is 5.65. The van der Waals surface area contributed by atoms with Crippen molar-refractivity contribution in [1.29, 1.82) is 0 Å². The maximum Gasteiger partial charge on any atom is 0.259 e. The van der Waals surface area contributed by atoms with Crippen molar-refractivity contribution in [2.75, 3.05) is 0 Å². The Labute approximate surface area is 97.5 Å². The number of fused-ring (bicyclic) bond motifs is 3. The van der Waals surface area contributed by atoms with E-state index < -0.39 is 0 Å². The summed E-state index contributed by atoms with van der Waals surface area (Å²) in [5, 5.41) is 0.845. The number of H-pyrrole nitrogens is 1. The standard InChI is InChI=1S/C12H14N2OS/c1-6-4-3-5-8-9(6)10-11(15)13-7(2)14-12(10)16-8/h6H,3-5H2,1-2H3,(H,13,14,15). The van der Waals surface area contributed by atoms with Crippen LogP contribution in [0.1, 0.15) is 41.9 Å². The van der Waals surface area contributed by atoms with Gasteiger partial charge in [0.05, 0.1) is 5.39 Å². The molecule has 84 valence electrons. The molecule has 3 nitrogen and oxygen atoms in total. The molecule has 2 aromatic rings. The van der Waals surface area contributed by atoms with Crippen molar-refractivity contribution in [3.63, 3.8) is 0 Å². The normalized spacial score (nSPS) is 20.0. The van der Waals surface area contributed by atoms with Crippen LogP contribution >= 0.6 is 11.3 Å². The van der Waals surface area contributed by atoms with Gasteiger partial charge in [-0.1, -0.05) is 6.92 Å². The van der Waals surface area contributed by atoms with Crippen molar-refractivity contribution in [1.82, 2.24) is 9.97 Å². The molecule has 0 aliphatic heterocycles. The first-order chi connectivity index (χ1) is 7.66. The molecule has 0 bridgehead atoms. The molecule has 0 saturated heterocycles. The Morgan fingerprint density at radius 2 is 2.31 bits per heavy atom. The molecule has 0 amide bonds. The van der Waals surface area contributed by atoms with Crippen molar-refractivity contribution in [2.45, 2.75) is 39.0 Å². The predicted molar refractivity (Wildman–Crippen MR) is 66.3 cm³/mol. The fraction of sp³-hybridized carbons (Fsp3) is 0.500. The largest absolute Gasteiger partial charge is 0.310 e. The van der Waals surface area contributed by atoms with E-state index in [4.69, 9.17) is 0 Å². The first-order valence-electron chi connectivity index (χ1n) is 5.69. The Bertz CT molecular complexity index is 611. The van der Waals surface area contributed by atoms with E-state index in [0.717, 1.165) is 16.6 Å². The molecular formula is C12H14N2OS. The van der Waals surface area contributed by atoms with E-state index in [0.29, 0.717) is 11.7 Å². The molecule has 0 fully saturated rings. The van der Waals surface area contributed by atoms with Crippen LogP contribution in [0, 0.1) is 6.92 Å². The summed E-state index contributed by atoms with van der Waals surface area (Å²) in [5.41, 5.74) is 1.30. The molecule has 1 aliphatic rings. The Morgan fingerprint density at radius 1 is 1.50 bits per heavy atom. The Morgan fingerprint density at radius 3 is 3.12 bits per heavy atom. The minimum atomic E-state index is 0.0359. The molecule has 0 radical (unpaired) electrons. The smallest absolute Gasteiger partial charge is 0.259 e. The summed E-state index contributed by atoms with van der Waals surface area (Å²) in [7, 11) is 0. The fourth-order valence-electron chi connectivity index (χ4n) is 2.60. The van der Waals surface area contributed by atoms with Gasteiger partial charge < -0.3 is 4.98 Å². The summed E-state index contributed by atoms with van der Waals surface area (Å²) < 4.78 is 0. The van der Waals surface area contributed by atoms with E-state index in [1.165, 1.54) is 23.3 Å². The molecule has 3 rings (SSSR count). The van der Waals surface area contributed by atoms with Gasteiger partial charge in [0.15, 0.2) is 0 Å². The third-order valence-corrected chi connectivity index (χ3v) is 4.49. The minimum absolute atomic E-state index is 0.0359. The van der Waals surface area contributed by atoms with Gasteiger partial charge in [0.2, 0.25) is 0 Å². The van der Waals surface area contributed by atoms with Gasteiger partial charge >= 0.3 is 0 Å². The molecular weight excluding hydrogens is 220 g/mol. The molecule has 2 aromatic heterocycles. The average Bonchev–Trinajstić information content (AvgIpc) is 2.56. The monoisotopic (exact) mass is 234 g/mol. The number of thiophene rings is 1. The second kappa shape index (κ2) is 3.42. The minimum Gasteiger partial charge on any atom is -0.310 e. The number of hydrogen-bond acceptors (Lipinski definition) is 3. The lowest BCUT2D eigenvalue weighted by atomic mass is 9.88. The summed E-state index contributed by atoms with van der Waals surface area (Å²) in [6, 6.07) is 0. The van der Waals surface area contributed by atoms with Gasteiger partial charge in [-0.2, -0.15) is 0 Å². The Hall–Kier alpha value is -1.16. The van der Waals surface area contributed by atoms with Crippen LogP contribution in [0.5, 0.6) is 0 Å².